The van der Waals surface area contributed by atoms with Crippen molar-refractivity contribution in [1.29, 1.82) is 0 Å². The number of anilines is 3. The number of fused-ring (bicyclic) bond motifs is 1. The summed E-state index contributed by atoms with van der Waals surface area (Å²) in [4.78, 5) is 46.7. The fourth-order valence-electron chi connectivity index (χ4n) is 5.73. The van der Waals surface area contributed by atoms with Gasteiger partial charge in [-0.15, -0.1) is 0 Å². The molecule has 4 aromatic rings. The van der Waals surface area contributed by atoms with E-state index in [-0.39, 0.29) is 17.5 Å². The first-order valence-corrected chi connectivity index (χ1v) is 14.0. The summed E-state index contributed by atoms with van der Waals surface area (Å²) in [5, 5.41) is 3.32. The number of carbonyl (C=O) groups excluding carboxylic acids is 1. The number of benzene rings is 2. The lowest BCUT2D eigenvalue weighted by Gasteiger charge is -2.35. The molecule has 10 heteroatoms. The fourth-order valence-corrected chi connectivity index (χ4v) is 5.73. The molecule has 2 aliphatic rings. The number of likely N-dealkylation sites (N-methyl/N-ethyl adjacent to an activating group) is 1. The SMILES string of the molecule is C=CC(=O)N1CCC(n2c(=O)c(-c3ccccc3)nc3cnc(Nc4ccc(N5CCN(C)CC5)c(C)c4)nc32)C1. The molecule has 4 heterocycles. The molecule has 1 atom stereocenters. The molecule has 0 bridgehead atoms. The largest absolute Gasteiger partial charge is 0.369 e. The molecule has 1 amide bonds. The van der Waals surface area contributed by atoms with E-state index in [9.17, 15) is 9.59 Å². The van der Waals surface area contributed by atoms with Gasteiger partial charge in [-0.1, -0.05) is 36.9 Å². The Morgan fingerprint density at radius 1 is 1.05 bits per heavy atom. The number of hydrogen-bond acceptors (Lipinski definition) is 8. The Kier molecular flexibility index (Phi) is 7.23. The van der Waals surface area contributed by atoms with Crippen molar-refractivity contribution in [2.75, 3.05) is 56.5 Å². The van der Waals surface area contributed by atoms with Crippen LogP contribution in [0.15, 0.2) is 72.2 Å². The van der Waals surface area contributed by atoms with Gasteiger partial charge in [0.25, 0.3) is 5.56 Å². The van der Waals surface area contributed by atoms with E-state index >= 15 is 0 Å². The highest BCUT2D eigenvalue weighted by atomic mass is 16.2. The van der Waals surface area contributed by atoms with Gasteiger partial charge in [-0.2, -0.15) is 4.98 Å². The molecule has 2 aromatic carbocycles. The molecule has 0 spiro atoms. The van der Waals surface area contributed by atoms with Gasteiger partial charge in [-0.25, -0.2) is 9.97 Å². The number of nitrogens with zero attached hydrogens (tertiary/aromatic N) is 7. The minimum atomic E-state index is -0.243. The van der Waals surface area contributed by atoms with Crippen molar-refractivity contribution in [3.63, 3.8) is 0 Å². The zero-order valence-corrected chi connectivity index (χ0v) is 23.5. The maximum atomic E-state index is 13.9. The summed E-state index contributed by atoms with van der Waals surface area (Å²) in [6, 6.07) is 15.4. The van der Waals surface area contributed by atoms with Gasteiger partial charge in [0.2, 0.25) is 11.9 Å². The first-order chi connectivity index (χ1) is 19.9. The summed E-state index contributed by atoms with van der Waals surface area (Å²) in [7, 11) is 2.15. The summed E-state index contributed by atoms with van der Waals surface area (Å²) in [6.07, 6.45) is 3.60. The number of likely N-dealkylation sites (tertiary alicyclic amines) is 1. The minimum Gasteiger partial charge on any atom is -0.369 e. The van der Waals surface area contributed by atoms with Crippen molar-refractivity contribution < 1.29 is 4.79 Å². The number of carbonyl (C=O) groups is 1. The van der Waals surface area contributed by atoms with Crippen LogP contribution in [0.1, 0.15) is 18.0 Å². The van der Waals surface area contributed by atoms with Crippen molar-refractivity contribution in [1.82, 2.24) is 29.3 Å². The fraction of sp³-hybridized carbons (Fsp3) is 0.323. The van der Waals surface area contributed by atoms with E-state index < -0.39 is 0 Å². The zero-order chi connectivity index (χ0) is 28.5. The van der Waals surface area contributed by atoms with E-state index in [4.69, 9.17) is 4.98 Å². The second kappa shape index (κ2) is 11.1. The lowest BCUT2D eigenvalue weighted by molar-refractivity contribution is -0.125. The summed E-state index contributed by atoms with van der Waals surface area (Å²) in [5.74, 6) is 0.234. The van der Waals surface area contributed by atoms with Crippen LogP contribution in [0.3, 0.4) is 0 Å². The van der Waals surface area contributed by atoms with E-state index in [2.05, 4.69) is 57.8 Å². The highest BCUT2D eigenvalue weighted by molar-refractivity contribution is 5.87. The minimum absolute atomic E-state index is 0.144. The zero-order valence-electron chi connectivity index (χ0n) is 23.5. The van der Waals surface area contributed by atoms with Crippen molar-refractivity contribution in [3.8, 4) is 11.3 Å². The van der Waals surface area contributed by atoms with Crippen LogP contribution in [0, 0.1) is 6.92 Å². The quantitative estimate of drug-likeness (QED) is 0.364. The smallest absolute Gasteiger partial charge is 0.279 e. The van der Waals surface area contributed by atoms with Crippen molar-refractivity contribution in [2.45, 2.75) is 19.4 Å². The lowest BCUT2D eigenvalue weighted by Crippen LogP contribution is -2.44. The van der Waals surface area contributed by atoms with E-state index in [1.165, 1.54) is 17.3 Å². The van der Waals surface area contributed by atoms with Crippen LogP contribution in [-0.4, -0.2) is 81.5 Å². The lowest BCUT2D eigenvalue weighted by atomic mass is 10.1. The van der Waals surface area contributed by atoms with Crippen molar-refractivity contribution in [3.05, 3.63) is 83.3 Å². The maximum Gasteiger partial charge on any atom is 0.279 e. The normalized spacial score (nSPS) is 17.7. The second-order valence-corrected chi connectivity index (χ2v) is 10.8. The average Bonchev–Trinajstić information content (AvgIpc) is 3.47. The molecule has 6 rings (SSSR count). The highest BCUT2D eigenvalue weighted by Gasteiger charge is 2.30. The number of amides is 1. The van der Waals surface area contributed by atoms with Crippen LogP contribution in [-0.2, 0) is 4.79 Å². The van der Waals surface area contributed by atoms with E-state index in [0.717, 1.165) is 37.4 Å². The van der Waals surface area contributed by atoms with Crippen LogP contribution in [0.5, 0.6) is 0 Å². The van der Waals surface area contributed by atoms with Gasteiger partial charge < -0.3 is 20.0 Å². The average molecular weight is 551 g/mol. The molecule has 41 heavy (non-hydrogen) atoms. The predicted octanol–water partition coefficient (Wildman–Crippen LogP) is 3.62. The molecule has 2 aromatic heterocycles. The monoisotopic (exact) mass is 550 g/mol. The topological polar surface area (TPSA) is 99.5 Å². The number of hydrogen-bond donors (Lipinski definition) is 1. The van der Waals surface area contributed by atoms with Crippen LogP contribution in [0.4, 0.5) is 17.3 Å². The van der Waals surface area contributed by atoms with Gasteiger partial charge in [-0.05, 0) is 50.2 Å². The maximum absolute atomic E-state index is 13.9. The van der Waals surface area contributed by atoms with Gasteiger partial charge in [0, 0.05) is 56.2 Å². The molecule has 0 aliphatic carbocycles. The number of nitrogens with one attached hydrogen (secondary N) is 1. The van der Waals surface area contributed by atoms with Gasteiger partial charge in [0.1, 0.15) is 11.2 Å². The van der Waals surface area contributed by atoms with Crippen molar-refractivity contribution in [2.24, 2.45) is 0 Å². The molecular formula is C31H34N8O2. The van der Waals surface area contributed by atoms with E-state index in [0.29, 0.717) is 42.3 Å². The first kappa shape index (κ1) is 26.6. The summed E-state index contributed by atoms with van der Waals surface area (Å²) in [5.41, 5.74) is 5.05. The molecule has 0 saturated carbocycles. The predicted molar refractivity (Wildman–Crippen MR) is 162 cm³/mol. The second-order valence-electron chi connectivity index (χ2n) is 10.8. The summed E-state index contributed by atoms with van der Waals surface area (Å²) < 4.78 is 1.69. The van der Waals surface area contributed by atoms with Crippen LogP contribution < -0.4 is 15.8 Å². The summed E-state index contributed by atoms with van der Waals surface area (Å²) in [6.45, 7) is 10.8. The molecule has 1 unspecified atom stereocenters. The number of piperazine rings is 1. The summed E-state index contributed by atoms with van der Waals surface area (Å²) >= 11 is 0. The standard InChI is InChI=1S/C31H34N8O2/c1-4-27(40)38-13-12-24(20-38)39-29-25(34-28(30(39)41)22-8-6-5-7-9-22)19-32-31(35-29)33-23-10-11-26(21(2)18-23)37-16-14-36(3)15-17-37/h4-11,18-19,24H,1,12-17,20H2,2-3H3,(H,32,33,35). The van der Waals surface area contributed by atoms with Crippen LogP contribution in [0.25, 0.3) is 22.4 Å². The highest BCUT2D eigenvalue weighted by Crippen LogP contribution is 2.28. The third kappa shape index (κ3) is 5.30. The van der Waals surface area contributed by atoms with Gasteiger partial charge in [-0.3, -0.25) is 14.2 Å². The Hall–Kier alpha value is -4.57. The van der Waals surface area contributed by atoms with E-state index in [1.807, 2.05) is 36.4 Å². The Morgan fingerprint density at radius 2 is 1.83 bits per heavy atom. The van der Waals surface area contributed by atoms with Gasteiger partial charge in [0.15, 0.2) is 5.65 Å². The molecule has 0 radical (unpaired) electrons. The first-order valence-electron chi connectivity index (χ1n) is 14.0. The number of aromatic nitrogens is 4. The Labute approximate surface area is 239 Å². The van der Waals surface area contributed by atoms with Crippen molar-refractivity contribution >= 4 is 34.4 Å². The molecule has 2 fully saturated rings. The Balaban J connectivity index is 1.36. The third-order valence-electron chi connectivity index (χ3n) is 7.99. The van der Waals surface area contributed by atoms with E-state index in [1.54, 1.807) is 15.7 Å². The van der Waals surface area contributed by atoms with Gasteiger partial charge >= 0.3 is 0 Å². The molecule has 10 nitrogen and oxygen atoms in total. The third-order valence-corrected chi connectivity index (χ3v) is 7.99. The molecular weight excluding hydrogens is 516 g/mol. The number of rotatable bonds is 6. The molecule has 210 valence electrons. The molecule has 2 saturated heterocycles. The van der Waals surface area contributed by atoms with Crippen LogP contribution in [0.2, 0.25) is 0 Å². The molecule has 1 N–H and O–H groups in total. The van der Waals surface area contributed by atoms with Gasteiger partial charge in [0.05, 0.1) is 12.2 Å². The van der Waals surface area contributed by atoms with Crippen LogP contribution >= 0.6 is 0 Å². The Bertz CT molecular complexity index is 1660. The molecule has 2 aliphatic heterocycles. The Morgan fingerprint density at radius 3 is 2.56 bits per heavy atom. The number of aryl methyl sites for hydroxylation is 1.